The van der Waals surface area contributed by atoms with Crippen molar-refractivity contribution in [2.24, 2.45) is 0 Å². The van der Waals surface area contributed by atoms with Gasteiger partial charge in [0.1, 0.15) is 11.5 Å². The number of hydrogen-bond donors (Lipinski definition) is 1. The predicted molar refractivity (Wildman–Crippen MR) is 137 cm³/mol. The first-order chi connectivity index (χ1) is 17.1. The number of carboxylic acid groups (broad SMARTS) is 1. The van der Waals surface area contributed by atoms with Gasteiger partial charge in [0.05, 0.1) is 31.0 Å². The molecule has 0 bridgehead atoms. The van der Waals surface area contributed by atoms with E-state index in [4.69, 9.17) is 14.5 Å². The van der Waals surface area contributed by atoms with Crippen LogP contribution in [0.15, 0.2) is 72.8 Å². The van der Waals surface area contributed by atoms with Crippen LogP contribution in [0.4, 0.5) is 0 Å². The monoisotopic (exact) mass is 466 g/mol. The zero-order chi connectivity index (χ0) is 24.4. The second-order valence-corrected chi connectivity index (χ2v) is 8.54. The Bertz CT molecular complexity index is 1430. The molecule has 0 radical (unpaired) electrons. The van der Waals surface area contributed by atoms with Gasteiger partial charge in [0.25, 0.3) is 0 Å². The molecule has 0 saturated carbocycles. The normalized spacial score (nSPS) is 14.6. The first kappa shape index (κ1) is 22.6. The van der Waals surface area contributed by atoms with Gasteiger partial charge >= 0.3 is 5.97 Å². The minimum absolute atomic E-state index is 0.316. The maximum Gasteiger partial charge on any atom is 0.336 e. The highest BCUT2D eigenvalue weighted by Gasteiger charge is 2.28. The van der Waals surface area contributed by atoms with Crippen LogP contribution in [-0.4, -0.2) is 41.7 Å². The van der Waals surface area contributed by atoms with Crippen molar-refractivity contribution in [3.05, 3.63) is 101 Å². The van der Waals surface area contributed by atoms with Gasteiger partial charge in [-0.3, -0.25) is 4.90 Å². The Kier molecular flexibility index (Phi) is 6.21. The lowest BCUT2D eigenvalue weighted by Gasteiger charge is -2.31. The standard InChI is InChI=1S/C29H26N2O4/c1-34-22-13-12-20(26(15-22)35-2)14-21-17-31(16-19-8-4-3-5-9-19)18-24-27(29(32)33)23-10-6-7-11-25(23)30-28(21)24/h3-15H,16-18H2,1-2H3,(H,32,33). The molecule has 176 valence electrons. The van der Waals surface area contributed by atoms with Crippen LogP contribution in [0.1, 0.15) is 32.7 Å². The summed E-state index contributed by atoms with van der Waals surface area (Å²) in [5.41, 5.74) is 5.44. The lowest BCUT2D eigenvalue weighted by atomic mass is 9.91. The molecule has 0 aliphatic carbocycles. The molecule has 1 N–H and O–H groups in total. The molecule has 0 fully saturated rings. The fourth-order valence-corrected chi connectivity index (χ4v) is 4.70. The summed E-state index contributed by atoms with van der Waals surface area (Å²) in [6.07, 6.45) is 2.04. The minimum Gasteiger partial charge on any atom is -0.497 e. The molecule has 0 atom stereocenters. The summed E-state index contributed by atoms with van der Waals surface area (Å²) >= 11 is 0. The van der Waals surface area contributed by atoms with Crippen LogP contribution in [0.3, 0.4) is 0 Å². The van der Waals surface area contributed by atoms with E-state index in [1.807, 2.05) is 66.7 Å². The van der Waals surface area contributed by atoms with Gasteiger partial charge in [0, 0.05) is 42.2 Å². The quantitative estimate of drug-likeness (QED) is 0.404. The Hall–Kier alpha value is -4.16. The van der Waals surface area contributed by atoms with Gasteiger partial charge in [-0.15, -0.1) is 0 Å². The van der Waals surface area contributed by atoms with Gasteiger partial charge in [-0.05, 0) is 35.4 Å². The number of carboxylic acids is 1. The summed E-state index contributed by atoms with van der Waals surface area (Å²) in [4.78, 5) is 19.7. The first-order valence-electron chi connectivity index (χ1n) is 11.4. The molecule has 1 aliphatic rings. The zero-order valence-electron chi connectivity index (χ0n) is 19.7. The Balaban J connectivity index is 1.69. The van der Waals surface area contributed by atoms with E-state index in [0.717, 1.165) is 22.4 Å². The van der Waals surface area contributed by atoms with Crippen LogP contribution in [0.2, 0.25) is 0 Å². The summed E-state index contributed by atoms with van der Waals surface area (Å²) < 4.78 is 11.0. The predicted octanol–water partition coefficient (Wildman–Crippen LogP) is 5.51. The molecule has 0 saturated heterocycles. The zero-order valence-corrected chi connectivity index (χ0v) is 19.7. The van der Waals surface area contributed by atoms with Crippen LogP contribution >= 0.6 is 0 Å². The Morgan fingerprint density at radius 1 is 1.00 bits per heavy atom. The summed E-state index contributed by atoms with van der Waals surface area (Å²) in [7, 11) is 3.25. The van der Waals surface area contributed by atoms with Crippen LogP contribution in [0, 0.1) is 0 Å². The van der Waals surface area contributed by atoms with Crippen molar-refractivity contribution in [3.63, 3.8) is 0 Å². The number of nitrogens with zero attached hydrogens (tertiary/aromatic N) is 2. The molecule has 5 rings (SSSR count). The maximum absolute atomic E-state index is 12.5. The number of aromatic nitrogens is 1. The van der Waals surface area contributed by atoms with Gasteiger partial charge in [-0.1, -0.05) is 48.5 Å². The molecular formula is C29H26N2O4. The smallest absolute Gasteiger partial charge is 0.336 e. The van der Waals surface area contributed by atoms with E-state index < -0.39 is 5.97 Å². The van der Waals surface area contributed by atoms with E-state index in [1.165, 1.54) is 5.56 Å². The molecule has 0 unspecified atom stereocenters. The number of carbonyl (C=O) groups is 1. The average molecular weight is 467 g/mol. The van der Waals surface area contributed by atoms with Crippen LogP contribution in [-0.2, 0) is 13.1 Å². The third kappa shape index (κ3) is 4.48. The molecule has 6 heteroatoms. The van der Waals surface area contributed by atoms with E-state index >= 15 is 0 Å². The second kappa shape index (κ2) is 9.60. The van der Waals surface area contributed by atoms with Crippen LogP contribution in [0.5, 0.6) is 11.5 Å². The van der Waals surface area contributed by atoms with Crippen molar-refractivity contribution in [2.75, 3.05) is 20.8 Å². The second-order valence-electron chi connectivity index (χ2n) is 8.54. The topological polar surface area (TPSA) is 71.9 Å². The molecule has 1 aromatic heterocycles. The molecule has 0 spiro atoms. The number of hydrogen-bond acceptors (Lipinski definition) is 5. The Labute approximate surface area is 204 Å². The number of aromatic carboxylic acids is 1. The van der Waals surface area contributed by atoms with E-state index in [9.17, 15) is 9.90 Å². The highest BCUT2D eigenvalue weighted by Crippen LogP contribution is 2.36. The number of rotatable bonds is 6. The molecule has 0 amide bonds. The van der Waals surface area contributed by atoms with Gasteiger partial charge in [-0.2, -0.15) is 0 Å². The van der Waals surface area contributed by atoms with Crippen molar-refractivity contribution < 1.29 is 19.4 Å². The fourth-order valence-electron chi connectivity index (χ4n) is 4.70. The minimum atomic E-state index is -0.942. The molecule has 4 aromatic rings. The lowest BCUT2D eigenvalue weighted by Crippen LogP contribution is -2.31. The fraction of sp³-hybridized carbons (Fsp3) is 0.172. The SMILES string of the molecule is COc1ccc(C=C2CN(Cc3ccccc3)Cc3c2nc2ccccc2c3C(=O)O)c(OC)c1. The van der Waals surface area contributed by atoms with Gasteiger partial charge in [-0.25, -0.2) is 9.78 Å². The molecule has 2 heterocycles. The number of benzene rings is 3. The van der Waals surface area contributed by atoms with E-state index in [-0.39, 0.29) is 0 Å². The number of para-hydroxylation sites is 1. The van der Waals surface area contributed by atoms with E-state index in [1.54, 1.807) is 14.2 Å². The van der Waals surface area contributed by atoms with Crippen molar-refractivity contribution in [1.82, 2.24) is 9.88 Å². The van der Waals surface area contributed by atoms with Crippen LogP contribution in [0.25, 0.3) is 22.6 Å². The number of ether oxygens (including phenoxy) is 2. The average Bonchev–Trinajstić information content (AvgIpc) is 2.88. The Morgan fingerprint density at radius 2 is 1.77 bits per heavy atom. The molecular weight excluding hydrogens is 440 g/mol. The van der Waals surface area contributed by atoms with Crippen molar-refractivity contribution in [3.8, 4) is 11.5 Å². The van der Waals surface area contributed by atoms with Gasteiger partial charge in [0.15, 0.2) is 0 Å². The highest BCUT2D eigenvalue weighted by atomic mass is 16.5. The van der Waals surface area contributed by atoms with Gasteiger partial charge in [0.2, 0.25) is 0 Å². The summed E-state index contributed by atoms with van der Waals surface area (Å²) in [6, 6.07) is 23.3. The van der Waals surface area contributed by atoms with Gasteiger partial charge < -0.3 is 14.6 Å². The van der Waals surface area contributed by atoms with Crippen molar-refractivity contribution in [2.45, 2.75) is 13.1 Å². The molecule has 1 aliphatic heterocycles. The number of pyridine rings is 1. The Morgan fingerprint density at radius 3 is 2.51 bits per heavy atom. The summed E-state index contributed by atoms with van der Waals surface area (Å²) in [5, 5.41) is 10.9. The van der Waals surface area contributed by atoms with Crippen molar-refractivity contribution >= 4 is 28.5 Å². The van der Waals surface area contributed by atoms with Crippen LogP contribution < -0.4 is 9.47 Å². The van der Waals surface area contributed by atoms with E-state index in [2.05, 4.69) is 17.0 Å². The largest absolute Gasteiger partial charge is 0.497 e. The molecule has 3 aromatic carbocycles. The number of fused-ring (bicyclic) bond motifs is 2. The summed E-state index contributed by atoms with van der Waals surface area (Å²) in [6.45, 7) is 1.82. The third-order valence-electron chi connectivity index (χ3n) is 6.31. The van der Waals surface area contributed by atoms with Crippen molar-refractivity contribution in [1.29, 1.82) is 0 Å². The highest BCUT2D eigenvalue weighted by molar-refractivity contribution is 6.06. The third-order valence-corrected chi connectivity index (χ3v) is 6.31. The number of methoxy groups -OCH3 is 2. The first-order valence-corrected chi connectivity index (χ1v) is 11.4. The molecule has 6 nitrogen and oxygen atoms in total. The maximum atomic E-state index is 12.5. The van der Waals surface area contributed by atoms with E-state index in [0.29, 0.717) is 47.6 Å². The summed E-state index contributed by atoms with van der Waals surface area (Å²) in [5.74, 6) is 0.441. The molecule has 35 heavy (non-hydrogen) atoms. The lowest BCUT2D eigenvalue weighted by molar-refractivity contribution is 0.0696.